The van der Waals surface area contributed by atoms with E-state index < -0.39 is 0 Å². The maximum Gasteiger partial charge on any atom is 0.229 e. The molecule has 0 bridgehead atoms. The number of hydrogen-bond acceptors (Lipinski definition) is 6. The lowest BCUT2D eigenvalue weighted by Crippen LogP contribution is -2.22. The topological polar surface area (TPSA) is 71.2 Å². The smallest absolute Gasteiger partial charge is 0.229 e. The Morgan fingerprint density at radius 3 is 2.43 bits per heavy atom. The molecule has 0 fully saturated rings. The fraction of sp³-hybridized carbons (Fsp3) is 0.357. The van der Waals surface area contributed by atoms with Crippen LogP contribution in [0.15, 0.2) is 28.7 Å². The van der Waals surface area contributed by atoms with Crippen LogP contribution in [0.2, 0.25) is 0 Å². The maximum absolute atomic E-state index is 5.73. The van der Waals surface area contributed by atoms with Gasteiger partial charge in [0.2, 0.25) is 11.9 Å². The van der Waals surface area contributed by atoms with E-state index in [-0.39, 0.29) is 5.95 Å². The van der Waals surface area contributed by atoms with Crippen molar-refractivity contribution < 1.29 is 0 Å². The lowest BCUT2D eigenvalue weighted by atomic mass is 10.2. The third-order valence-electron chi connectivity index (χ3n) is 2.90. The van der Waals surface area contributed by atoms with Gasteiger partial charge in [-0.1, -0.05) is 34.1 Å². The molecule has 0 aliphatic carbocycles. The molecule has 2 N–H and O–H groups in total. The molecule has 1 aromatic heterocycles. The Bertz CT molecular complexity index is 616. The molecule has 0 spiro atoms. The molecule has 0 aliphatic rings. The number of rotatable bonds is 5. The number of aromatic nitrogens is 3. The van der Waals surface area contributed by atoms with Crippen LogP contribution in [-0.2, 0) is 13.1 Å². The van der Waals surface area contributed by atoms with Crippen LogP contribution in [-0.4, -0.2) is 41.0 Å². The zero-order chi connectivity index (χ0) is 15.4. The van der Waals surface area contributed by atoms with Gasteiger partial charge in [-0.05, 0) is 18.7 Å². The van der Waals surface area contributed by atoms with Crippen molar-refractivity contribution in [2.24, 2.45) is 0 Å². The van der Waals surface area contributed by atoms with Crippen molar-refractivity contribution in [1.29, 1.82) is 0 Å². The molecule has 6 nitrogen and oxygen atoms in total. The van der Waals surface area contributed by atoms with Gasteiger partial charge in [-0.25, -0.2) is 0 Å². The molecule has 21 heavy (non-hydrogen) atoms. The second kappa shape index (κ2) is 6.82. The molecule has 0 amide bonds. The number of halogens is 1. The first kappa shape index (κ1) is 15.7. The van der Waals surface area contributed by atoms with E-state index in [1.54, 1.807) is 0 Å². The number of nitrogens with zero attached hydrogens (tertiary/aromatic N) is 5. The number of anilines is 2. The normalized spacial score (nSPS) is 10.9. The summed E-state index contributed by atoms with van der Waals surface area (Å²) in [4.78, 5) is 16.6. The molecule has 2 aromatic rings. The molecule has 0 radical (unpaired) electrons. The maximum atomic E-state index is 5.73. The van der Waals surface area contributed by atoms with Crippen LogP contribution < -0.4 is 10.6 Å². The van der Waals surface area contributed by atoms with Gasteiger partial charge in [0, 0.05) is 25.1 Å². The summed E-state index contributed by atoms with van der Waals surface area (Å²) in [7, 11) is 5.78. The molecule has 1 aromatic carbocycles. The van der Waals surface area contributed by atoms with Crippen molar-refractivity contribution in [3.63, 3.8) is 0 Å². The Morgan fingerprint density at radius 1 is 1.05 bits per heavy atom. The van der Waals surface area contributed by atoms with E-state index in [0.717, 1.165) is 11.0 Å². The van der Waals surface area contributed by atoms with Crippen molar-refractivity contribution in [2.75, 3.05) is 31.8 Å². The molecule has 112 valence electrons. The molecule has 0 saturated heterocycles. The number of nitrogen functional groups attached to an aromatic ring is 1. The van der Waals surface area contributed by atoms with Crippen LogP contribution in [0.1, 0.15) is 11.4 Å². The van der Waals surface area contributed by atoms with E-state index in [1.165, 1.54) is 5.56 Å². The summed E-state index contributed by atoms with van der Waals surface area (Å²) >= 11 is 3.56. The monoisotopic (exact) mass is 350 g/mol. The lowest BCUT2D eigenvalue weighted by molar-refractivity contribution is 0.310. The first-order valence-electron chi connectivity index (χ1n) is 6.55. The van der Waals surface area contributed by atoms with E-state index in [0.29, 0.717) is 18.3 Å². The van der Waals surface area contributed by atoms with Crippen molar-refractivity contribution in [3.05, 3.63) is 40.1 Å². The predicted molar refractivity (Wildman–Crippen MR) is 87.9 cm³/mol. The summed E-state index contributed by atoms with van der Waals surface area (Å²) in [5, 5.41) is 0. The highest BCUT2D eigenvalue weighted by Gasteiger charge is 2.10. The predicted octanol–water partition coefficient (Wildman–Crippen LogP) is 1.91. The van der Waals surface area contributed by atoms with Crippen LogP contribution in [0.3, 0.4) is 0 Å². The third-order valence-corrected chi connectivity index (χ3v) is 3.67. The standard InChI is InChI=1S/C14H19BrN6/c1-20(2)14-18-12(17-13(16)19-14)9-21(3)8-10-6-4-5-7-11(10)15/h4-7H,8-9H2,1-3H3,(H2,16,17,18,19). The van der Waals surface area contributed by atoms with Crippen molar-refractivity contribution in [2.45, 2.75) is 13.1 Å². The van der Waals surface area contributed by atoms with E-state index in [4.69, 9.17) is 5.73 Å². The first-order chi connectivity index (χ1) is 9.95. The van der Waals surface area contributed by atoms with E-state index in [1.807, 2.05) is 44.2 Å². The molecule has 2 rings (SSSR count). The van der Waals surface area contributed by atoms with Crippen LogP contribution in [0.25, 0.3) is 0 Å². The Labute approximate surface area is 133 Å². The first-order valence-corrected chi connectivity index (χ1v) is 7.34. The summed E-state index contributed by atoms with van der Waals surface area (Å²) in [5.41, 5.74) is 6.95. The fourth-order valence-electron chi connectivity index (χ4n) is 1.91. The lowest BCUT2D eigenvalue weighted by Gasteiger charge is -2.18. The minimum atomic E-state index is 0.248. The highest BCUT2D eigenvalue weighted by molar-refractivity contribution is 9.10. The van der Waals surface area contributed by atoms with Crippen LogP contribution in [0.4, 0.5) is 11.9 Å². The quantitative estimate of drug-likeness (QED) is 0.887. The molecule has 1 heterocycles. The molecular formula is C14H19BrN6. The number of benzene rings is 1. The van der Waals surface area contributed by atoms with Gasteiger partial charge in [0.25, 0.3) is 0 Å². The molecular weight excluding hydrogens is 332 g/mol. The summed E-state index contributed by atoms with van der Waals surface area (Å²) in [6.07, 6.45) is 0. The van der Waals surface area contributed by atoms with Gasteiger partial charge in [-0.2, -0.15) is 15.0 Å². The number of hydrogen-bond donors (Lipinski definition) is 1. The van der Waals surface area contributed by atoms with Gasteiger partial charge in [0.1, 0.15) is 5.82 Å². The minimum Gasteiger partial charge on any atom is -0.368 e. The summed E-state index contributed by atoms with van der Waals surface area (Å²) < 4.78 is 1.10. The zero-order valence-corrected chi connectivity index (χ0v) is 14.0. The SMILES string of the molecule is CN(Cc1nc(N)nc(N(C)C)n1)Cc1ccccc1Br. The van der Waals surface area contributed by atoms with E-state index in [2.05, 4.69) is 41.8 Å². The average molecular weight is 351 g/mol. The average Bonchev–Trinajstić information content (AvgIpc) is 2.40. The van der Waals surface area contributed by atoms with Gasteiger partial charge in [0.15, 0.2) is 0 Å². The molecule has 7 heteroatoms. The highest BCUT2D eigenvalue weighted by Crippen LogP contribution is 2.18. The van der Waals surface area contributed by atoms with Crippen molar-refractivity contribution in [3.8, 4) is 0 Å². The van der Waals surface area contributed by atoms with Gasteiger partial charge in [-0.3, -0.25) is 4.90 Å². The molecule has 0 aliphatic heterocycles. The summed E-state index contributed by atoms with van der Waals surface area (Å²) in [6, 6.07) is 8.16. The molecule has 0 atom stereocenters. The third kappa shape index (κ3) is 4.37. The van der Waals surface area contributed by atoms with Crippen molar-refractivity contribution >= 4 is 27.8 Å². The minimum absolute atomic E-state index is 0.248. The Morgan fingerprint density at radius 2 is 1.76 bits per heavy atom. The van der Waals surface area contributed by atoms with E-state index >= 15 is 0 Å². The Kier molecular flexibility index (Phi) is 5.08. The summed E-state index contributed by atoms with van der Waals surface area (Å²) in [6.45, 7) is 1.40. The highest BCUT2D eigenvalue weighted by atomic mass is 79.9. The largest absolute Gasteiger partial charge is 0.368 e. The Balaban J connectivity index is 2.09. The van der Waals surface area contributed by atoms with Gasteiger partial charge in [0.05, 0.1) is 6.54 Å². The molecule has 0 saturated carbocycles. The fourth-order valence-corrected chi connectivity index (χ4v) is 2.32. The molecule has 0 unspecified atom stereocenters. The summed E-state index contributed by atoms with van der Waals surface area (Å²) in [5.74, 6) is 1.49. The zero-order valence-electron chi connectivity index (χ0n) is 12.4. The van der Waals surface area contributed by atoms with Crippen LogP contribution in [0, 0.1) is 0 Å². The van der Waals surface area contributed by atoms with Gasteiger partial charge < -0.3 is 10.6 Å². The van der Waals surface area contributed by atoms with Gasteiger partial charge >= 0.3 is 0 Å². The van der Waals surface area contributed by atoms with Crippen LogP contribution in [0.5, 0.6) is 0 Å². The van der Waals surface area contributed by atoms with Gasteiger partial charge in [-0.15, -0.1) is 0 Å². The van der Waals surface area contributed by atoms with E-state index in [9.17, 15) is 0 Å². The Hall–Kier alpha value is -1.73. The van der Waals surface area contributed by atoms with Crippen molar-refractivity contribution in [1.82, 2.24) is 19.9 Å². The second-order valence-electron chi connectivity index (χ2n) is 5.07. The second-order valence-corrected chi connectivity index (χ2v) is 5.92. The van der Waals surface area contributed by atoms with Crippen LogP contribution >= 0.6 is 15.9 Å². The number of nitrogens with two attached hydrogens (primary N) is 1.